The average molecular weight is 131 g/mol. The largest absolute Gasteiger partial charge is 0.452 e. The molecule has 52 valence electrons. The monoisotopic (exact) mass is 131 g/mol. The lowest BCUT2D eigenvalue weighted by molar-refractivity contribution is -0.116. The highest BCUT2D eigenvalue weighted by Gasteiger charge is 2.07. The van der Waals surface area contributed by atoms with Gasteiger partial charge < -0.3 is 4.74 Å². The van der Waals surface area contributed by atoms with Crippen molar-refractivity contribution in [3.8, 4) is 0 Å². The highest BCUT2D eigenvalue weighted by Crippen LogP contribution is 1.85. The first-order valence-corrected chi connectivity index (χ1v) is 2.56. The van der Waals surface area contributed by atoms with Gasteiger partial charge in [0.15, 0.2) is 0 Å². The molecule has 0 unspecified atom stereocenters. The van der Waals surface area contributed by atoms with Crippen LogP contribution in [-0.2, 0) is 9.53 Å². The highest BCUT2D eigenvalue weighted by atomic mass is 16.5. The van der Waals surface area contributed by atoms with Gasteiger partial charge in [0.1, 0.15) is 0 Å². The summed E-state index contributed by atoms with van der Waals surface area (Å²) >= 11 is 0. The predicted molar refractivity (Wildman–Crippen MR) is 30.8 cm³/mol. The van der Waals surface area contributed by atoms with Crippen molar-refractivity contribution in [1.29, 1.82) is 0 Å². The lowest BCUT2D eigenvalue weighted by Gasteiger charge is -2.08. The van der Waals surface area contributed by atoms with Crippen molar-refractivity contribution < 1.29 is 14.3 Å². The molecule has 2 amide bonds. The number of methoxy groups -OCH3 is 1. The van der Waals surface area contributed by atoms with Gasteiger partial charge in [-0.3, -0.25) is 9.69 Å². The number of imide groups is 1. The van der Waals surface area contributed by atoms with E-state index >= 15 is 0 Å². The minimum absolute atomic E-state index is 0.343. The van der Waals surface area contributed by atoms with Crippen molar-refractivity contribution in [2.75, 3.05) is 13.7 Å². The van der Waals surface area contributed by atoms with E-state index in [-0.39, 0.29) is 0 Å². The Labute approximate surface area is 53.4 Å². The van der Waals surface area contributed by atoms with Gasteiger partial charge in [-0.1, -0.05) is 0 Å². The third-order valence-electron chi connectivity index (χ3n) is 0.877. The van der Waals surface area contributed by atoms with Crippen LogP contribution in [0.4, 0.5) is 4.79 Å². The molecule has 0 aromatic carbocycles. The van der Waals surface area contributed by atoms with E-state index in [1.54, 1.807) is 6.92 Å². The summed E-state index contributed by atoms with van der Waals surface area (Å²) in [4.78, 5) is 21.3. The lowest BCUT2D eigenvalue weighted by atomic mass is 10.7. The number of hydrogen-bond donors (Lipinski definition) is 0. The van der Waals surface area contributed by atoms with E-state index < -0.39 is 6.09 Å². The molecule has 4 heteroatoms. The Morgan fingerprint density at radius 3 is 2.44 bits per heavy atom. The maximum absolute atomic E-state index is 10.4. The Morgan fingerprint density at radius 1 is 1.78 bits per heavy atom. The van der Waals surface area contributed by atoms with Crippen molar-refractivity contribution in [2.24, 2.45) is 0 Å². The Kier molecular flexibility index (Phi) is 3.43. The Hall–Kier alpha value is -1.06. The number of amides is 2. The second kappa shape index (κ2) is 3.88. The summed E-state index contributed by atoms with van der Waals surface area (Å²) in [5.41, 5.74) is 0. The van der Waals surface area contributed by atoms with Crippen molar-refractivity contribution in [3.63, 3.8) is 0 Å². The molecule has 9 heavy (non-hydrogen) atoms. The molecule has 0 aliphatic rings. The van der Waals surface area contributed by atoms with Crippen LogP contribution in [-0.4, -0.2) is 31.1 Å². The van der Waals surface area contributed by atoms with Crippen LogP contribution in [0, 0.1) is 0 Å². The minimum Gasteiger partial charge on any atom is -0.452 e. The quantitative estimate of drug-likeness (QED) is 0.504. The average Bonchev–Trinajstić information content (AvgIpc) is 1.90. The van der Waals surface area contributed by atoms with E-state index in [4.69, 9.17) is 0 Å². The van der Waals surface area contributed by atoms with Crippen LogP contribution in [0.3, 0.4) is 0 Å². The van der Waals surface area contributed by atoms with Gasteiger partial charge in [0.2, 0.25) is 6.41 Å². The summed E-state index contributed by atoms with van der Waals surface area (Å²) in [6.45, 7) is 2.03. The number of rotatable bonds is 2. The molecule has 0 bridgehead atoms. The summed E-state index contributed by atoms with van der Waals surface area (Å²) in [6, 6.07) is 0. The molecule has 0 radical (unpaired) electrons. The maximum atomic E-state index is 10.4. The first-order chi connectivity index (χ1) is 4.26. The smallest absolute Gasteiger partial charge is 0.416 e. The summed E-state index contributed by atoms with van der Waals surface area (Å²) in [5.74, 6) is 0. The summed E-state index contributed by atoms with van der Waals surface area (Å²) < 4.78 is 4.25. The molecule has 0 aromatic rings. The van der Waals surface area contributed by atoms with Crippen LogP contribution in [0.25, 0.3) is 0 Å². The number of nitrogens with zero attached hydrogens (tertiary/aromatic N) is 1. The van der Waals surface area contributed by atoms with Gasteiger partial charge in [0.05, 0.1) is 7.11 Å². The van der Waals surface area contributed by atoms with E-state index in [0.29, 0.717) is 13.0 Å². The Balaban J connectivity index is 3.78. The molecule has 0 heterocycles. The fraction of sp³-hybridized carbons (Fsp3) is 0.600. The number of hydrogen-bond acceptors (Lipinski definition) is 3. The molecule has 4 nitrogen and oxygen atoms in total. The van der Waals surface area contributed by atoms with E-state index in [9.17, 15) is 9.59 Å². The third kappa shape index (κ3) is 2.12. The van der Waals surface area contributed by atoms with Crippen molar-refractivity contribution >= 4 is 12.5 Å². The minimum atomic E-state index is -0.618. The third-order valence-corrected chi connectivity index (χ3v) is 0.877. The van der Waals surface area contributed by atoms with Crippen LogP contribution in [0.1, 0.15) is 6.92 Å². The second-order valence-electron chi connectivity index (χ2n) is 1.36. The molecular formula is C5H9NO3. The van der Waals surface area contributed by atoms with E-state index in [1.165, 1.54) is 7.11 Å². The van der Waals surface area contributed by atoms with Gasteiger partial charge in [-0.2, -0.15) is 0 Å². The van der Waals surface area contributed by atoms with E-state index in [0.717, 1.165) is 4.90 Å². The molecule has 0 aliphatic heterocycles. The molecule has 0 atom stereocenters. The molecule has 0 aromatic heterocycles. The molecule has 0 N–H and O–H groups in total. The fourth-order valence-electron chi connectivity index (χ4n) is 0.364. The topological polar surface area (TPSA) is 46.6 Å². The molecule has 0 spiro atoms. The Bertz CT molecular complexity index is 113. The zero-order valence-electron chi connectivity index (χ0n) is 5.46. The van der Waals surface area contributed by atoms with Gasteiger partial charge >= 0.3 is 6.09 Å². The number of carbonyl (C=O) groups excluding carboxylic acids is 2. The molecule has 0 saturated carbocycles. The zero-order chi connectivity index (χ0) is 7.28. The first kappa shape index (κ1) is 7.94. The maximum Gasteiger partial charge on any atom is 0.416 e. The van der Waals surface area contributed by atoms with Crippen LogP contribution in [0.2, 0.25) is 0 Å². The van der Waals surface area contributed by atoms with Crippen LogP contribution < -0.4 is 0 Å². The fourth-order valence-corrected chi connectivity index (χ4v) is 0.364. The van der Waals surface area contributed by atoms with E-state index in [2.05, 4.69) is 4.74 Å². The van der Waals surface area contributed by atoms with Gasteiger partial charge in [0.25, 0.3) is 0 Å². The lowest BCUT2D eigenvalue weighted by Crippen LogP contribution is -2.28. The van der Waals surface area contributed by atoms with Crippen molar-refractivity contribution in [3.05, 3.63) is 0 Å². The number of carbonyl (C=O) groups is 2. The van der Waals surface area contributed by atoms with Crippen LogP contribution in [0.15, 0.2) is 0 Å². The summed E-state index contributed by atoms with van der Waals surface area (Å²) in [7, 11) is 1.23. The molecular weight excluding hydrogens is 122 g/mol. The molecule has 0 fully saturated rings. The predicted octanol–water partition coefficient (Wildman–Crippen LogP) is 0.231. The summed E-state index contributed by atoms with van der Waals surface area (Å²) in [6.07, 6.45) is -0.182. The molecule has 0 rings (SSSR count). The summed E-state index contributed by atoms with van der Waals surface area (Å²) in [5, 5.41) is 0. The van der Waals surface area contributed by atoms with Crippen LogP contribution in [0.5, 0.6) is 0 Å². The second-order valence-corrected chi connectivity index (χ2v) is 1.36. The Morgan fingerprint density at radius 2 is 2.33 bits per heavy atom. The van der Waals surface area contributed by atoms with Gasteiger partial charge in [0, 0.05) is 6.54 Å². The normalized spacial score (nSPS) is 8.22. The van der Waals surface area contributed by atoms with Gasteiger partial charge in [-0.25, -0.2) is 4.79 Å². The van der Waals surface area contributed by atoms with Gasteiger partial charge in [-0.05, 0) is 6.92 Å². The molecule has 0 aliphatic carbocycles. The SMILES string of the molecule is CCN(C=O)C(=O)OC. The standard InChI is InChI=1S/C5H9NO3/c1-3-6(4-7)5(8)9-2/h4H,3H2,1-2H3. The van der Waals surface area contributed by atoms with Gasteiger partial charge in [-0.15, -0.1) is 0 Å². The number of ether oxygens (including phenoxy) is 1. The van der Waals surface area contributed by atoms with Crippen molar-refractivity contribution in [1.82, 2.24) is 4.90 Å². The molecule has 0 saturated heterocycles. The highest BCUT2D eigenvalue weighted by molar-refractivity contribution is 5.79. The van der Waals surface area contributed by atoms with Crippen molar-refractivity contribution in [2.45, 2.75) is 6.92 Å². The first-order valence-electron chi connectivity index (χ1n) is 2.56. The van der Waals surface area contributed by atoms with E-state index in [1.807, 2.05) is 0 Å². The van der Waals surface area contributed by atoms with Crippen LogP contribution >= 0.6 is 0 Å². The zero-order valence-corrected chi connectivity index (χ0v) is 5.46.